The van der Waals surface area contributed by atoms with Crippen molar-refractivity contribution < 1.29 is 31.9 Å². The minimum absolute atomic E-state index is 0.000273. The van der Waals surface area contributed by atoms with Crippen LogP contribution in [0.1, 0.15) is 17.4 Å². The predicted octanol–water partition coefficient (Wildman–Crippen LogP) is 1.45. The Balaban J connectivity index is 2.36. The molecule has 26 heavy (non-hydrogen) atoms. The van der Waals surface area contributed by atoms with Crippen molar-refractivity contribution in [2.45, 2.75) is 11.8 Å². The van der Waals surface area contributed by atoms with Crippen molar-refractivity contribution in [1.29, 1.82) is 0 Å². The zero-order chi connectivity index (χ0) is 19.2. The molecule has 0 fully saturated rings. The number of benzene rings is 1. The van der Waals surface area contributed by atoms with Crippen LogP contribution in [0, 0.1) is 0 Å². The minimum Gasteiger partial charge on any atom is -0.495 e. The van der Waals surface area contributed by atoms with E-state index in [1.807, 2.05) is 0 Å². The maximum atomic E-state index is 12.5. The Kier molecular flexibility index (Phi) is 6.72. The molecular formula is C16H20N2O7S. The van der Waals surface area contributed by atoms with E-state index in [9.17, 15) is 13.2 Å². The quantitative estimate of drug-likeness (QED) is 0.510. The molecule has 0 aliphatic rings. The molecule has 0 amide bonds. The minimum atomic E-state index is -3.83. The molecule has 0 atom stereocenters. The molecule has 2 aromatic rings. The standard InChI is InChI=1S/C16H20N2O7S/c1-4-24-16(19)12-10-14(25-18-12)11-5-6-13(23-3)15(9-11)26(20,21)17-7-8-22-2/h5-6,9-10,17H,4,7-8H2,1-3H3. The lowest BCUT2D eigenvalue weighted by Gasteiger charge is -2.11. The molecule has 9 nitrogen and oxygen atoms in total. The first kappa shape index (κ1) is 19.9. The summed E-state index contributed by atoms with van der Waals surface area (Å²) in [5.74, 6) is -0.224. The Morgan fingerprint density at radius 3 is 2.69 bits per heavy atom. The van der Waals surface area contributed by atoms with Gasteiger partial charge in [0.05, 0.1) is 20.3 Å². The number of nitrogens with one attached hydrogen (secondary N) is 1. The SMILES string of the molecule is CCOC(=O)c1cc(-c2ccc(OC)c(S(=O)(=O)NCCOC)c2)on1. The van der Waals surface area contributed by atoms with Crippen molar-refractivity contribution >= 4 is 16.0 Å². The van der Waals surface area contributed by atoms with Gasteiger partial charge in [-0.3, -0.25) is 0 Å². The van der Waals surface area contributed by atoms with Gasteiger partial charge in [-0.15, -0.1) is 0 Å². The number of aromatic nitrogens is 1. The zero-order valence-corrected chi connectivity index (χ0v) is 15.5. The summed E-state index contributed by atoms with van der Waals surface area (Å²) < 4.78 is 47.4. The third-order valence-corrected chi connectivity index (χ3v) is 4.81. The Labute approximate surface area is 151 Å². The van der Waals surface area contributed by atoms with E-state index in [2.05, 4.69) is 9.88 Å². The van der Waals surface area contributed by atoms with Gasteiger partial charge in [-0.05, 0) is 25.1 Å². The highest BCUT2D eigenvalue weighted by Crippen LogP contribution is 2.30. The van der Waals surface area contributed by atoms with E-state index in [1.165, 1.54) is 32.4 Å². The predicted molar refractivity (Wildman–Crippen MR) is 91.5 cm³/mol. The molecule has 142 valence electrons. The van der Waals surface area contributed by atoms with E-state index in [0.717, 1.165) is 0 Å². The van der Waals surface area contributed by atoms with E-state index in [-0.39, 0.29) is 41.9 Å². The molecule has 1 heterocycles. The molecule has 1 aromatic heterocycles. The first-order valence-electron chi connectivity index (χ1n) is 7.73. The number of esters is 1. The third kappa shape index (κ3) is 4.59. The average molecular weight is 384 g/mol. The van der Waals surface area contributed by atoms with Gasteiger partial charge in [-0.25, -0.2) is 17.9 Å². The zero-order valence-electron chi connectivity index (χ0n) is 14.6. The molecule has 10 heteroatoms. The number of rotatable bonds is 9. The van der Waals surface area contributed by atoms with Crippen LogP contribution in [-0.2, 0) is 19.5 Å². The van der Waals surface area contributed by atoms with Gasteiger partial charge in [0.15, 0.2) is 11.5 Å². The summed E-state index contributed by atoms with van der Waals surface area (Å²) in [7, 11) is -0.988. The van der Waals surface area contributed by atoms with Crippen LogP contribution in [0.3, 0.4) is 0 Å². The molecule has 0 radical (unpaired) electrons. The van der Waals surface area contributed by atoms with Gasteiger partial charge < -0.3 is 18.7 Å². The summed E-state index contributed by atoms with van der Waals surface area (Å²) in [6.45, 7) is 2.23. The van der Waals surface area contributed by atoms with Gasteiger partial charge in [-0.1, -0.05) is 5.16 Å². The van der Waals surface area contributed by atoms with Gasteiger partial charge in [0.1, 0.15) is 10.6 Å². The summed E-state index contributed by atoms with van der Waals surface area (Å²) in [5.41, 5.74) is 0.418. The van der Waals surface area contributed by atoms with E-state index < -0.39 is 16.0 Å². The number of hydrogen-bond donors (Lipinski definition) is 1. The molecule has 0 saturated heterocycles. The van der Waals surface area contributed by atoms with Crippen molar-refractivity contribution in [3.8, 4) is 17.1 Å². The topological polar surface area (TPSA) is 117 Å². The highest BCUT2D eigenvalue weighted by Gasteiger charge is 2.22. The van der Waals surface area contributed by atoms with Gasteiger partial charge in [0.25, 0.3) is 0 Å². The molecule has 2 rings (SSSR count). The molecule has 0 unspecified atom stereocenters. The summed E-state index contributed by atoms with van der Waals surface area (Å²) in [4.78, 5) is 11.6. The average Bonchev–Trinajstić information content (AvgIpc) is 3.12. The lowest BCUT2D eigenvalue weighted by Crippen LogP contribution is -2.27. The highest BCUT2D eigenvalue weighted by molar-refractivity contribution is 7.89. The van der Waals surface area contributed by atoms with Crippen molar-refractivity contribution in [2.24, 2.45) is 0 Å². The van der Waals surface area contributed by atoms with Gasteiger partial charge in [0.2, 0.25) is 10.0 Å². The highest BCUT2D eigenvalue weighted by atomic mass is 32.2. The van der Waals surface area contributed by atoms with Gasteiger partial charge in [0, 0.05) is 25.3 Å². The Hall–Kier alpha value is -2.43. The number of carbonyl (C=O) groups is 1. The Morgan fingerprint density at radius 1 is 1.27 bits per heavy atom. The lowest BCUT2D eigenvalue weighted by atomic mass is 10.1. The first-order valence-corrected chi connectivity index (χ1v) is 9.22. The summed E-state index contributed by atoms with van der Waals surface area (Å²) in [6.07, 6.45) is 0. The van der Waals surface area contributed by atoms with Crippen molar-refractivity contribution in [3.05, 3.63) is 30.0 Å². The molecule has 0 saturated carbocycles. The number of carbonyl (C=O) groups excluding carboxylic acids is 1. The Bertz CT molecular complexity index is 861. The largest absolute Gasteiger partial charge is 0.495 e. The second-order valence-electron chi connectivity index (χ2n) is 5.05. The van der Waals surface area contributed by atoms with Crippen LogP contribution in [0.2, 0.25) is 0 Å². The summed E-state index contributed by atoms with van der Waals surface area (Å²) in [6, 6.07) is 5.85. The smallest absolute Gasteiger partial charge is 0.360 e. The fourth-order valence-electron chi connectivity index (χ4n) is 2.11. The number of nitrogens with zero attached hydrogens (tertiary/aromatic N) is 1. The Morgan fingerprint density at radius 2 is 2.04 bits per heavy atom. The van der Waals surface area contributed by atoms with Crippen LogP contribution in [-0.4, -0.2) is 53.5 Å². The van der Waals surface area contributed by atoms with Crippen LogP contribution in [0.25, 0.3) is 11.3 Å². The number of ether oxygens (including phenoxy) is 3. The molecule has 1 aromatic carbocycles. The molecule has 1 N–H and O–H groups in total. The van der Waals surface area contributed by atoms with Gasteiger partial charge in [-0.2, -0.15) is 0 Å². The van der Waals surface area contributed by atoms with Crippen LogP contribution >= 0.6 is 0 Å². The van der Waals surface area contributed by atoms with Crippen LogP contribution in [0.15, 0.2) is 33.7 Å². The maximum Gasteiger partial charge on any atom is 0.360 e. The molecule has 0 aliphatic heterocycles. The van der Waals surface area contributed by atoms with Crippen molar-refractivity contribution in [2.75, 3.05) is 34.0 Å². The van der Waals surface area contributed by atoms with Crippen LogP contribution in [0.5, 0.6) is 5.75 Å². The van der Waals surface area contributed by atoms with Crippen molar-refractivity contribution in [3.63, 3.8) is 0 Å². The van der Waals surface area contributed by atoms with Gasteiger partial charge >= 0.3 is 5.97 Å². The molecule has 0 bridgehead atoms. The third-order valence-electron chi connectivity index (χ3n) is 3.33. The van der Waals surface area contributed by atoms with E-state index in [4.69, 9.17) is 18.7 Å². The first-order chi connectivity index (χ1) is 12.4. The monoisotopic (exact) mass is 384 g/mol. The van der Waals surface area contributed by atoms with E-state index in [0.29, 0.717) is 5.56 Å². The second-order valence-corrected chi connectivity index (χ2v) is 6.79. The molecule has 0 aliphatic carbocycles. The molecule has 0 spiro atoms. The second kappa shape index (κ2) is 8.79. The maximum absolute atomic E-state index is 12.5. The number of hydrogen-bond acceptors (Lipinski definition) is 8. The van der Waals surface area contributed by atoms with Crippen LogP contribution in [0.4, 0.5) is 0 Å². The van der Waals surface area contributed by atoms with E-state index in [1.54, 1.807) is 13.0 Å². The summed E-state index contributed by atoms with van der Waals surface area (Å²) in [5, 5.41) is 3.64. The molecular weight excluding hydrogens is 364 g/mol. The number of sulfonamides is 1. The summed E-state index contributed by atoms with van der Waals surface area (Å²) >= 11 is 0. The van der Waals surface area contributed by atoms with Crippen LogP contribution < -0.4 is 9.46 Å². The van der Waals surface area contributed by atoms with Crippen molar-refractivity contribution in [1.82, 2.24) is 9.88 Å². The lowest BCUT2D eigenvalue weighted by molar-refractivity contribution is 0.0514. The fraction of sp³-hybridized carbons (Fsp3) is 0.375. The van der Waals surface area contributed by atoms with E-state index >= 15 is 0 Å². The normalized spacial score (nSPS) is 11.3. The number of methoxy groups -OCH3 is 2. The fourth-order valence-corrected chi connectivity index (χ4v) is 3.31.